The second-order valence-corrected chi connectivity index (χ2v) is 2.51. The van der Waals surface area contributed by atoms with Crippen molar-refractivity contribution in [2.45, 2.75) is 13.3 Å². The number of nitrogens with one attached hydrogen (secondary N) is 3. The van der Waals surface area contributed by atoms with E-state index in [-0.39, 0.29) is 5.91 Å². The molecule has 70 valence electrons. The molecule has 0 aliphatic rings. The van der Waals surface area contributed by atoms with Crippen LogP contribution in [0.2, 0.25) is 0 Å². The third-order valence-electron chi connectivity index (χ3n) is 1.14. The van der Waals surface area contributed by atoms with Crippen molar-refractivity contribution in [1.29, 1.82) is 0 Å². The molecule has 0 heterocycles. The molecule has 0 aromatic rings. The lowest BCUT2D eigenvalue weighted by Crippen LogP contribution is -2.41. The Balaban J connectivity index is 3.30. The van der Waals surface area contributed by atoms with E-state index < -0.39 is 0 Å². The van der Waals surface area contributed by atoms with Gasteiger partial charge in [-0.3, -0.25) is 4.79 Å². The van der Waals surface area contributed by atoms with Crippen LogP contribution in [0.3, 0.4) is 0 Å². The van der Waals surface area contributed by atoms with E-state index in [4.69, 9.17) is 18.1 Å². The molecule has 0 aliphatic heterocycles. The predicted octanol–water partition coefficient (Wildman–Crippen LogP) is -1.15. The van der Waals surface area contributed by atoms with Gasteiger partial charge in [0.05, 0.1) is 0 Å². The molecule has 0 spiro atoms. The molecule has 12 heavy (non-hydrogen) atoms. The number of rotatable bonds is 4. The second-order valence-electron chi connectivity index (χ2n) is 2.10. The largest absolute Gasteiger partial charge is 0.361 e. The van der Waals surface area contributed by atoms with Crippen molar-refractivity contribution >= 4 is 23.2 Å². The summed E-state index contributed by atoms with van der Waals surface area (Å²) in [6, 6.07) is 0. The van der Waals surface area contributed by atoms with E-state index in [1.165, 1.54) is 0 Å². The van der Waals surface area contributed by atoms with Gasteiger partial charge < -0.3 is 16.1 Å². The molecule has 5 nitrogen and oxygen atoms in total. The summed E-state index contributed by atoms with van der Waals surface area (Å²) in [5.74, 6) is 5.00. The van der Waals surface area contributed by atoms with Crippen LogP contribution in [0, 0.1) is 0 Å². The number of hydrogen-bond donors (Lipinski definition) is 4. The fourth-order valence-corrected chi connectivity index (χ4v) is 0.728. The summed E-state index contributed by atoms with van der Waals surface area (Å²) in [6.45, 7) is 3.02. The van der Waals surface area contributed by atoms with Crippen molar-refractivity contribution in [2.75, 3.05) is 13.1 Å². The molecule has 0 saturated carbocycles. The summed E-state index contributed by atoms with van der Waals surface area (Å²) in [7, 11) is 0. The number of hydrazine groups is 1. The van der Waals surface area contributed by atoms with Gasteiger partial charge >= 0.3 is 0 Å². The Morgan fingerprint density at radius 2 is 2.17 bits per heavy atom. The quantitative estimate of drug-likeness (QED) is 0.256. The molecule has 0 unspecified atom stereocenters. The summed E-state index contributed by atoms with van der Waals surface area (Å²) in [6.07, 6.45) is 0.398. The lowest BCUT2D eigenvalue weighted by molar-refractivity contribution is -0.120. The maximum absolute atomic E-state index is 10.9. The van der Waals surface area contributed by atoms with Gasteiger partial charge in [0.1, 0.15) is 0 Å². The van der Waals surface area contributed by atoms with Crippen molar-refractivity contribution in [1.82, 2.24) is 16.1 Å². The first-order valence-electron chi connectivity index (χ1n) is 3.71. The van der Waals surface area contributed by atoms with E-state index in [9.17, 15) is 4.79 Å². The third-order valence-corrected chi connectivity index (χ3v) is 1.40. The van der Waals surface area contributed by atoms with Crippen LogP contribution in [-0.4, -0.2) is 24.1 Å². The smallest absolute Gasteiger partial charge is 0.221 e. The topological polar surface area (TPSA) is 79.2 Å². The van der Waals surface area contributed by atoms with Gasteiger partial charge in [-0.25, -0.2) is 5.84 Å². The minimum Gasteiger partial charge on any atom is -0.361 e. The third kappa shape index (κ3) is 5.87. The van der Waals surface area contributed by atoms with E-state index in [2.05, 4.69) is 16.1 Å². The Kier molecular flexibility index (Phi) is 6.31. The van der Waals surface area contributed by atoms with E-state index in [1.807, 2.05) is 6.92 Å². The molecule has 5 N–H and O–H groups in total. The van der Waals surface area contributed by atoms with Crippen molar-refractivity contribution in [2.24, 2.45) is 5.84 Å². The monoisotopic (exact) mass is 190 g/mol. The van der Waals surface area contributed by atoms with Crippen LogP contribution in [0.15, 0.2) is 0 Å². The van der Waals surface area contributed by atoms with Gasteiger partial charge in [0.25, 0.3) is 0 Å². The van der Waals surface area contributed by atoms with Crippen LogP contribution in [0.1, 0.15) is 13.3 Å². The molecular weight excluding hydrogens is 176 g/mol. The fourth-order valence-electron chi connectivity index (χ4n) is 0.626. The highest BCUT2D eigenvalue weighted by Crippen LogP contribution is 1.76. The summed E-state index contributed by atoms with van der Waals surface area (Å²) in [4.78, 5) is 10.9. The molecule has 0 fully saturated rings. The van der Waals surface area contributed by atoms with Gasteiger partial charge in [-0.2, -0.15) is 0 Å². The van der Waals surface area contributed by atoms with Gasteiger partial charge in [0.15, 0.2) is 5.11 Å². The summed E-state index contributed by atoms with van der Waals surface area (Å²) in [5.41, 5.74) is 2.26. The minimum atomic E-state index is 0.00446. The van der Waals surface area contributed by atoms with E-state index in [0.29, 0.717) is 24.6 Å². The molecule has 0 aromatic heterocycles. The van der Waals surface area contributed by atoms with Gasteiger partial charge in [-0.15, -0.1) is 0 Å². The Bertz CT molecular complexity index is 162. The van der Waals surface area contributed by atoms with Crippen LogP contribution >= 0.6 is 12.2 Å². The van der Waals surface area contributed by atoms with Crippen LogP contribution in [0.25, 0.3) is 0 Å². The minimum absolute atomic E-state index is 0.00446. The zero-order valence-corrected chi connectivity index (χ0v) is 7.83. The number of hydrogen-bond acceptors (Lipinski definition) is 3. The number of carbonyl (C=O) groups is 1. The van der Waals surface area contributed by atoms with Gasteiger partial charge in [-0.1, -0.05) is 0 Å². The summed E-state index contributed by atoms with van der Waals surface area (Å²) in [5, 5.41) is 5.77. The molecule has 0 radical (unpaired) electrons. The lowest BCUT2D eigenvalue weighted by Gasteiger charge is -2.05. The first-order chi connectivity index (χ1) is 5.70. The molecule has 0 saturated heterocycles. The number of nitrogens with two attached hydrogens (primary N) is 1. The van der Waals surface area contributed by atoms with Crippen LogP contribution < -0.4 is 21.9 Å². The molecule has 0 bridgehead atoms. The zero-order valence-electron chi connectivity index (χ0n) is 7.02. The van der Waals surface area contributed by atoms with E-state index >= 15 is 0 Å². The average Bonchev–Trinajstić information content (AvgIpc) is 2.04. The lowest BCUT2D eigenvalue weighted by atomic mass is 10.4. The van der Waals surface area contributed by atoms with Gasteiger partial charge in [0.2, 0.25) is 5.91 Å². The maximum Gasteiger partial charge on any atom is 0.221 e. The second kappa shape index (κ2) is 6.81. The van der Waals surface area contributed by atoms with Crippen molar-refractivity contribution in [3.8, 4) is 0 Å². The molecule has 0 aliphatic carbocycles. The van der Waals surface area contributed by atoms with E-state index in [1.54, 1.807) is 0 Å². The predicted molar refractivity (Wildman–Crippen MR) is 51.2 cm³/mol. The molecule has 0 atom stereocenters. The summed E-state index contributed by atoms with van der Waals surface area (Å²) < 4.78 is 0. The highest BCUT2D eigenvalue weighted by atomic mass is 32.1. The number of carbonyl (C=O) groups excluding carboxylic acids is 1. The van der Waals surface area contributed by atoms with Crippen molar-refractivity contribution < 1.29 is 4.79 Å². The molecule has 1 amide bonds. The Hall–Kier alpha value is -0.880. The van der Waals surface area contributed by atoms with Crippen molar-refractivity contribution in [3.63, 3.8) is 0 Å². The van der Waals surface area contributed by atoms with Gasteiger partial charge in [-0.05, 0) is 19.1 Å². The highest BCUT2D eigenvalue weighted by Gasteiger charge is 1.98. The molecule has 0 rings (SSSR count). The Morgan fingerprint density at radius 1 is 1.50 bits per heavy atom. The number of amides is 1. The first kappa shape index (κ1) is 11.1. The van der Waals surface area contributed by atoms with E-state index in [0.717, 1.165) is 0 Å². The Labute approximate surface area is 77.0 Å². The van der Waals surface area contributed by atoms with Gasteiger partial charge in [0, 0.05) is 19.5 Å². The highest BCUT2D eigenvalue weighted by molar-refractivity contribution is 7.80. The summed E-state index contributed by atoms with van der Waals surface area (Å²) >= 11 is 4.69. The fraction of sp³-hybridized carbons (Fsp3) is 0.667. The standard InChI is InChI=1S/C6H14N4OS/c1-2-8-5(11)3-4-9-6(12)10-7/h2-4,7H2,1H3,(H,8,11)(H2,9,10,12). The Morgan fingerprint density at radius 3 is 2.67 bits per heavy atom. The molecule has 0 aromatic carbocycles. The van der Waals surface area contributed by atoms with Crippen LogP contribution in [0.5, 0.6) is 0 Å². The van der Waals surface area contributed by atoms with Crippen molar-refractivity contribution in [3.05, 3.63) is 0 Å². The number of thiocarbonyl (C=S) groups is 1. The van der Waals surface area contributed by atoms with Crippen LogP contribution in [-0.2, 0) is 4.79 Å². The molecular formula is C6H14N4OS. The zero-order chi connectivity index (χ0) is 9.40. The first-order valence-corrected chi connectivity index (χ1v) is 4.12. The van der Waals surface area contributed by atoms with Crippen LogP contribution in [0.4, 0.5) is 0 Å². The maximum atomic E-state index is 10.9. The average molecular weight is 190 g/mol. The normalized spacial score (nSPS) is 8.83. The molecule has 6 heteroatoms. The SMILES string of the molecule is CCNC(=O)CCNC(=S)NN.